The van der Waals surface area contributed by atoms with Crippen LogP contribution in [0.25, 0.3) is 0 Å². The normalized spacial score (nSPS) is 12.5. The van der Waals surface area contributed by atoms with Crippen molar-refractivity contribution in [1.29, 1.82) is 0 Å². The van der Waals surface area contributed by atoms with Crippen LogP contribution < -0.4 is 5.73 Å². The van der Waals surface area contributed by atoms with E-state index < -0.39 is 12.0 Å². The van der Waals surface area contributed by atoms with Crippen molar-refractivity contribution in [2.45, 2.75) is 19.0 Å². The fourth-order valence-corrected chi connectivity index (χ4v) is 1.48. The molecule has 120 valence electrons. The number of hydrogen-bond donors (Lipinski definition) is 2. The molecule has 0 amide bonds. The summed E-state index contributed by atoms with van der Waals surface area (Å²) in [4.78, 5) is 10.6. The number of carboxylic acids is 1. The second kappa shape index (κ2) is 10.2. The highest BCUT2D eigenvalue weighted by Crippen LogP contribution is 1.98. The summed E-state index contributed by atoms with van der Waals surface area (Å²) < 4.78 is 17.1. The summed E-state index contributed by atoms with van der Waals surface area (Å²) in [6.45, 7) is 3.14. The predicted octanol–water partition coefficient (Wildman–Crippen LogP) is -1.09. The van der Waals surface area contributed by atoms with Crippen LogP contribution in [0.15, 0.2) is 6.20 Å². The standard InChI is InChI=1S/C12H22N4O5/c1-19-4-5-21-7-6-20-3-2-16-9-10(14-15-16)8-11(13)12(17)18/h9,11H,2-8,13H2,1H3,(H,17,18). The van der Waals surface area contributed by atoms with Gasteiger partial charge < -0.3 is 25.1 Å². The Balaban J connectivity index is 2.10. The second-order valence-corrected chi connectivity index (χ2v) is 4.34. The van der Waals surface area contributed by atoms with Crippen molar-refractivity contribution in [3.05, 3.63) is 11.9 Å². The average Bonchev–Trinajstić information content (AvgIpc) is 2.89. The molecular weight excluding hydrogens is 280 g/mol. The highest BCUT2D eigenvalue weighted by Gasteiger charge is 2.14. The Hall–Kier alpha value is -1.55. The molecule has 1 aromatic rings. The first-order valence-corrected chi connectivity index (χ1v) is 6.65. The Morgan fingerprint density at radius 3 is 2.67 bits per heavy atom. The Morgan fingerprint density at radius 2 is 2.00 bits per heavy atom. The Morgan fingerprint density at radius 1 is 1.33 bits per heavy atom. The summed E-state index contributed by atoms with van der Waals surface area (Å²) >= 11 is 0. The minimum atomic E-state index is -1.05. The van der Waals surface area contributed by atoms with E-state index in [1.54, 1.807) is 18.0 Å². The van der Waals surface area contributed by atoms with Gasteiger partial charge >= 0.3 is 5.97 Å². The van der Waals surface area contributed by atoms with Gasteiger partial charge in [0.2, 0.25) is 0 Å². The van der Waals surface area contributed by atoms with E-state index in [9.17, 15) is 4.79 Å². The van der Waals surface area contributed by atoms with Gasteiger partial charge in [-0.2, -0.15) is 0 Å². The molecule has 9 heteroatoms. The Bertz CT molecular complexity index is 412. The van der Waals surface area contributed by atoms with Crippen LogP contribution in [0, 0.1) is 0 Å². The maximum atomic E-state index is 10.6. The molecule has 1 aromatic heterocycles. The van der Waals surface area contributed by atoms with Crippen molar-refractivity contribution >= 4 is 5.97 Å². The molecule has 1 atom stereocenters. The van der Waals surface area contributed by atoms with Crippen LogP contribution in [0.3, 0.4) is 0 Å². The van der Waals surface area contributed by atoms with Gasteiger partial charge in [-0.05, 0) is 0 Å². The fourth-order valence-electron chi connectivity index (χ4n) is 1.48. The molecule has 0 radical (unpaired) electrons. The Kier molecular flexibility index (Phi) is 8.51. The predicted molar refractivity (Wildman–Crippen MR) is 72.9 cm³/mol. The minimum Gasteiger partial charge on any atom is -0.480 e. The lowest BCUT2D eigenvalue weighted by Gasteiger charge is -2.05. The molecule has 1 unspecified atom stereocenters. The van der Waals surface area contributed by atoms with Crippen LogP contribution in [0.4, 0.5) is 0 Å². The first-order chi connectivity index (χ1) is 10.1. The van der Waals surface area contributed by atoms with Crippen LogP contribution in [-0.2, 0) is 32.0 Å². The molecule has 0 bridgehead atoms. The summed E-state index contributed by atoms with van der Waals surface area (Å²) in [6.07, 6.45) is 1.82. The zero-order valence-corrected chi connectivity index (χ0v) is 12.1. The van der Waals surface area contributed by atoms with Crippen LogP contribution in [-0.4, -0.2) is 72.3 Å². The summed E-state index contributed by atoms with van der Waals surface area (Å²) in [5.74, 6) is -1.05. The first-order valence-electron chi connectivity index (χ1n) is 6.65. The first kappa shape index (κ1) is 17.5. The van der Waals surface area contributed by atoms with Crippen LogP contribution in [0.1, 0.15) is 5.69 Å². The van der Waals surface area contributed by atoms with E-state index in [0.717, 1.165) is 0 Å². The number of rotatable bonds is 12. The van der Waals surface area contributed by atoms with Crippen LogP contribution in [0.2, 0.25) is 0 Å². The number of aliphatic carboxylic acids is 1. The smallest absolute Gasteiger partial charge is 0.320 e. The van der Waals surface area contributed by atoms with E-state index in [1.165, 1.54) is 0 Å². The highest BCUT2D eigenvalue weighted by atomic mass is 16.5. The largest absolute Gasteiger partial charge is 0.480 e. The summed E-state index contributed by atoms with van der Waals surface area (Å²) in [5, 5.41) is 16.4. The van der Waals surface area contributed by atoms with Gasteiger partial charge in [-0.1, -0.05) is 5.21 Å². The van der Waals surface area contributed by atoms with Gasteiger partial charge in [0.1, 0.15) is 6.04 Å². The van der Waals surface area contributed by atoms with Crippen molar-refractivity contribution in [3.8, 4) is 0 Å². The number of nitrogens with two attached hydrogens (primary N) is 1. The molecule has 0 saturated carbocycles. The number of carboxylic acid groups (broad SMARTS) is 1. The van der Waals surface area contributed by atoms with Crippen molar-refractivity contribution in [2.24, 2.45) is 5.73 Å². The molecule has 3 N–H and O–H groups in total. The molecule has 21 heavy (non-hydrogen) atoms. The van der Waals surface area contributed by atoms with Gasteiger partial charge in [0, 0.05) is 19.7 Å². The second-order valence-electron chi connectivity index (χ2n) is 4.34. The van der Waals surface area contributed by atoms with Crippen molar-refractivity contribution < 1.29 is 24.1 Å². The number of ether oxygens (including phenoxy) is 3. The van der Waals surface area contributed by atoms with E-state index in [2.05, 4.69) is 10.3 Å². The number of hydrogen-bond acceptors (Lipinski definition) is 7. The van der Waals surface area contributed by atoms with Crippen LogP contribution >= 0.6 is 0 Å². The van der Waals surface area contributed by atoms with Crippen LogP contribution in [0.5, 0.6) is 0 Å². The zero-order chi connectivity index (χ0) is 15.5. The summed E-state index contributed by atoms with van der Waals surface area (Å²) in [6, 6.07) is -0.962. The van der Waals surface area contributed by atoms with E-state index in [-0.39, 0.29) is 6.42 Å². The van der Waals surface area contributed by atoms with Crippen molar-refractivity contribution in [1.82, 2.24) is 15.0 Å². The molecule has 0 aliphatic rings. The van der Waals surface area contributed by atoms with E-state index in [1.807, 2.05) is 0 Å². The third-order valence-electron chi connectivity index (χ3n) is 2.60. The molecular formula is C12H22N4O5. The number of methoxy groups -OCH3 is 1. The third-order valence-corrected chi connectivity index (χ3v) is 2.60. The number of aromatic nitrogens is 3. The quantitative estimate of drug-likeness (QED) is 0.467. The maximum Gasteiger partial charge on any atom is 0.320 e. The van der Waals surface area contributed by atoms with Crippen molar-refractivity contribution in [2.75, 3.05) is 40.1 Å². The molecule has 1 rings (SSSR count). The lowest BCUT2D eigenvalue weighted by Crippen LogP contribution is -2.32. The lowest BCUT2D eigenvalue weighted by atomic mass is 10.2. The zero-order valence-electron chi connectivity index (χ0n) is 12.1. The molecule has 0 spiro atoms. The van der Waals surface area contributed by atoms with Gasteiger partial charge in [-0.15, -0.1) is 5.10 Å². The molecule has 0 aliphatic heterocycles. The van der Waals surface area contributed by atoms with Crippen molar-refractivity contribution in [3.63, 3.8) is 0 Å². The van der Waals surface area contributed by atoms with E-state index in [4.69, 9.17) is 25.1 Å². The summed E-state index contributed by atoms with van der Waals surface area (Å²) in [7, 11) is 1.62. The van der Waals surface area contributed by atoms with E-state index >= 15 is 0 Å². The van der Waals surface area contributed by atoms with Gasteiger partial charge in [0.05, 0.1) is 45.3 Å². The fraction of sp³-hybridized carbons (Fsp3) is 0.750. The molecule has 1 heterocycles. The highest BCUT2D eigenvalue weighted by molar-refractivity contribution is 5.73. The van der Waals surface area contributed by atoms with Gasteiger partial charge in [-0.3, -0.25) is 4.79 Å². The SMILES string of the molecule is COCCOCCOCCn1cc(CC(N)C(=O)O)nn1. The minimum absolute atomic E-state index is 0.156. The third kappa shape index (κ3) is 7.71. The Labute approximate surface area is 123 Å². The monoisotopic (exact) mass is 302 g/mol. The van der Waals surface area contributed by atoms with Gasteiger partial charge in [0.25, 0.3) is 0 Å². The molecule has 0 fully saturated rings. The average molecular weight is 302 g/mol. The van der Waals surface area contributed by atoms with Gasteiger partial charge in [0.15, 0.2) is 0 Å². The maximum absolute atomic E-state index is 10.6. The topological polar surface area (TPSA) is 122 Å². The number of carbonyl (C=O) groups is 1. The molecule has 0 aliphatic carbocycles. The molecule has 9 nitrogen and oxygen atoms in total. The number of nitrogens with zero attached hydrogens (tertiary/aromatic N) is 3. The summed E-state index contributed by atoms with van der Waals surface area (Å²) in [5.41, 5.74) is 5.97. The van der Waals surface area contributed by atoms with Gasteiger partial charge in [-0.25, -0.2) is 4.68 Å². The molecule has 0 saturated heterocycles. The lowest BCUT2D eigenvalue weighted by molar-refractivity contribution is -0.138. The van der Waals surface area contributed by atoms with E-state index in [0.29, 0.717) is 45.3 Å². The molecule has 0 aromatic carbocycles.